The summed E-state index contributed by atoms with van der Waals surface area (Å²) < 4.78 is 0. The number of aryl methyl sites for hydroxylation is 1. The molecule has 23 heavy (non-hydrogen) atoms. The maximum absolute atomic E-state index is 10.7. The minimum absolute atomic E-state index is 0.145. The average Bonchev–Trinajstić information content (AvgIpc) is 2.56. The van der Waals surface area contributed by atoms with E-state index in [2.05, 4.69) is 41.0 Å². The maximum Gasteiger partial charge on any atom is 0.269 e. The average molecular weight is 311 g/mol. The summed E-state index contributed by atoms with van der Waals surface area (Å²) in [4.78, 5) is 15.1. The van der Waals surface area contributed by atoms with Crippen LogP contribution in [-0.4, -0.2) is 36.0 Å². The Hall–Kier alpha value is -2.40. The molecule has 1 aliphatic rings. The first kappa shape index (κ1) is 15.5. The van der Waals surface area contributed by atoms with Gasteiger partial charge in [0.05, 0.1) is 4.92 Å². The molecule has 1 aliphatic heterocycles. The van der Waals surface area contributed by atoms with Gasteiger partial charge in [-0.2, -0.15) is 0 Å². The molecule has 0 bridgehead atoms. The van der Waals surface area contributed by atoms with E-state index in [4.69, 9.17) is 0 Å². The number of anilines is 1. The van der Waals surface area contributed by atoms with Crippen molar-refractivity contribution in [3.63, 3.8) is 0 Å². The largest absolute Gasteiger partial charge is 0.369 e. The molecular formula is C18H21N3O2. The fraction of sp³-hybridized carbons (Fsp3) is 0.333. The van der Waals surface area contributed by atoms with Gasteiger partial charge in [0, 0.05) is 50.5 Å². The van der Waals surface area contributed by atoms with Gasteiger partial charge in [-0.05, 0) is 24.6 Å². The lowest BCUT2D eigenvalue weighted by Gasteiger charge is -2.36. The Kier molecular flexibility index (Phi) is 4.57. The smallest absolute Gasteiger partial charge is 0.269 e. The predicted molar refractivity (Wildman–Crippen MR) is 91.8 cm³/mol. The fourth-order valence-electron chi connectivity index (χ4n) is 3.02. The fourth-order valence-corrected chi connectivity index (χ4v) is 3.02. The van der Waals surface area contributed by atoms with Crippen LogP contribution in [0.1, 0.15) is 11.1 Å². The van der Waals surface area contributed by atoms with Crippen LogP contribution in [0.15, 0.2) is 48.5 Å². The van der Waals surface area contributed by atoms with E-state index in [1.54, 1.807) is 12.1 Å². The summed E-state index contributed by atoms with van der Waals surface area (Å²) in [5.41, 5.74) is 3.86. The molecule has 0 aliphatic carbocycles. The van der Waals surface area contributed by atoms with Crippen LogP contribution in [0, 0.1) is 17.0 Å². The molecule has 1 heterocycles. The van der Waals surface area contributed by atoms with Gasteiger partial charge in [-0.25, -0.2) is 0 Å². The Morgan fingerprint density at radius 1 is 1.04 bits per heavy atom. The summed E-state index contributed by atoms with van der Waals surface area (Å²) in [5, 5.41) is 10.7. The van der Waals surface area contributed by atoms with E-state index < -0.39 is 0 Å². The summed E-state index contributed by atoms with van der Waals surface area (Å²) in [7, 11) is 0. The van der Waals surface area contributed by atoms with Gasteiger partial charge in [0.25, 0.3) is 5.69 Å². The van der Waals surface area contributed by atoms with Gasteiger partial charge >= 0.3 is 0 Å². The Balaban J connectivity index is 1.56. The van der Waals surface area contributed by atoms with Crippen molar-refractivity contribution in [3.8, 4) is 0 Å². The van der Waals surface area contributed by atoms with Crippen LogP contribution in [0.3, 0.4) is 0 Å². The van der Waals surface area contributed by atoms with Gasteiger partial charge < -0.3 is 4.90 Å². The van der Waals surface area contributed by atoms with Gasteiger partial charge in [-0.3, -0.25) is 15.0 Å². The first-order chi connectivity index (χ1) is 11.1. The number of non-ortho nitro benzene ring substituents is 1. The SMILES string of the molecule is Cc1cccc(CN2CCN(c3ccc([N+](=O)[O-])cc3)CC2)c1. The van der Waals surface area contributed by atoms with E-state index >= 15 is 0 Å². The molecule has 0 aromatic heterocycles. The zero-order chi connectivity index (χ0) is 16.2. The summed E-state index contributed by atoms with van der Waals surface area (Å²) in [6.07, 6.45) is 0. The van der Waals surface area contributed by atoms with Crippen LogP contribution in [-0.2, 0) is 6.54 Å². The van der Waals surface area contributed by atoms with Crippen LogP contribution in [0.4, 0.5) is 11.4 Å². The maximum atomic E-state index is 10.7. The second kappa shape index (κ2) is 6.79. The number of nitro groups is 1. The van der Waals surface area contributed by atoms with Crippen LogP contribution < -0.4 is 4.90 Å². The molecule has 5 heteroatoms. The molecule has 0 spiro atoms. The zero-order valence-corrected chi connectivity index (χ0v) is 13.3. The van der Waals surface area contributed by atoms with Crippen molar-refractivity contribution in [2.24, 2.45) is 0 Å². The lowest BCUT2D eigenvalue weighted by molar-refractivity contribution is -0.384. The van der Waals surface area contributed by atoms with E-state index in [0.29, 0.717) is 0 Å². The molecule has 0 saturated carbocycles. The summed E-state index contributed by atoms with van der Waals surface area (Å²) in [5.74, 6) is 0. The summed E-state index contributed by atoms with van der Waals surface area (Å²) >= 11 is 0. The molecule has 1 saturated heterocycles. The zero-order valence-electron chi connectivity index (χ0n) is 13.3. The number of nitro benzene ring substituents is 1. The van der Waals surface area contributed by atoms with Gasteiger partial charge in [-0.1, -0.05) is 29.8 Å². The van der Waals surface area contributed by atoms with Gasteiger partial charge in [0.15, 0.2) is 0 Å². The van der Waals surface area contributed by atoms with Crippen LogP contribution in [0.5, 0.6) is 0 Å². The molecule has 0 amide bonds. The Morgan fingerprint density at radius 3 is 2.35 bits per heavy atom. The van der Waals surface area contributed by atoms with Gasteiger partial charge in [-0.15, -0.1) is 0 Å². The molecule has 120 valence electrons. The standard InChI is InChI=1S/C18H21N3O2/c1-15-3-2-4-16(13-15)14-19-9-11-20(12-10-19)17-5-7-18(8-6-17)21(22)23/h2-8,13H,9-12,14H2,1H3. The molecule has 0 unspecified atom stereocenters. The van der Waals surface area contributed by atoms with Crippen molar-refractivity contribution in [2.45, 2.75) is 13.5 Å². The number of hydrogen-bond donors (Lipinski definition) is 0. The van der Waals surface area contributed by atoms with Crippen LogP contribution in [0.25, 0.3) is 0 Å². The molecule has 0 atom stereocenters. The van der Waals surface area contributed by atoms with Crippen LogP contribution in [0.2, 0.25) is 0 Å². The summed E-state index contributed by atoms with van der Waals surface area (Å²) in [6.45, 7) is 7.01. The Labute approximate surface area is 136 Å². The van der Waals surface area contributed by atoms with Gasteiger partial charge in [0.1, 0.15) is 0 Å². The highest BCUT2D eigenvalue weighted by Crippen LogP contribution is 2.21. The molecule has 0 radical (unpaired) electrons. The van der Waals surface area contributed by atoms with Crippen molar-refractivity contribution in [2.75, 3.05) is 31.1 Å². The molecule has 2 aromatic rings. The number of rotatable bonds is 4. The monoisotopic (exact) mass is 311 g/mol. The van der Waals surface area contributed by atoms with Crippen molar-refractivity contribution in [1.82, 2.24) is 4.90 Å². The highest BCUT2D eigenvalue weighted by atomic mass is 16.6. The van der Waals surface area contributed by atoms with Crippen molar-refractivity contribution in [3.05, 3.63) is 69.8 Å². The normalized spacial score (nSPS) is 15.6. The lowest BCUT2D eigenvalue weighted by Crippen LogP contribution is -2.45. The summed E-state index contributed by atoms with van der Waals surface area (Å²) in [6, 6.07) is 15.5. The van der Waals surface area contributed by atoms with E-state index in [1.807, 2.05) is 12.1 Å². The topological polar surface area (TPSA) is 49.6 Å². The predicted octanol–water partition coefficient (Wildman–Crippen LogP) is 3.23. The van der Waals surface area contributed by atoms with E-state index in [-0.39, 0.29) is 10.6 Å². The Bertz CT molecular complexity index is 677. The number of hydrogen-bond acceptors (Lipinski definition) is 4. The minimum atomic E-state index is -0.358. The molecule has 5 nitrogen and oxygen atoms in total. The van der Waals surface area contributed by atoms with Crippen molar-refractivity contribution < 1.29 is 4.92 Å². The second-order valence-corrected chi connectivity index (χ2v) is 6.03. The Morgan fingerprint density at radius 2 is 1.74 bits per heavy atom. The number of nitrogens with zero attached hydrogens (tertiary/aromatic N) is 3. The van der Waals surface area contributed by atoms with E-state index in [1.165, 1.54) is 11.1 Å². The second-order valence-electron chi connectivity index (χ2n) is 6.03. The molecular weight excluding hydrogens is 290 g/mol. The molecule has 3 rings (SSSR count). The van der Waals surface area contributed by atoms with E-state index in [0.717, 1.165) is 38.4 Å². The minimum Gasteiger partial charge on any atom is -0.369 e. The first-order valence-corrected chi connectivity index (χ1v) is 7.89. The molecule has 1 fully saturated rings. The number of benzene rings is 2. The third-order valence-electron chi connectivity index (χ3n) is 4.29. The van der Waals surface area contributed by atoms with Gasteiger partial charge in [0.2, 0.25) is 0 Å². The quantitative estimate of drug-likeness (QED) is 0.642. The third-order valence-corrected chi connectivity index (χ3v) is 4.29. The first-order valence-electron chi connectivity index (χ1n) is 7.89. The third kappa shape index (κ3) is 3.87. The lowest BCUT2D eigenvalue weighted by atomic mass is 10.1. The van der Waals surface area contributed by atoms with Crippen molar-refractivity contribution >= 4 is 11.4 Å². The highest BCUT2D eigenvalue weighted by Gasteiger charge is 2.18. The van der Waals surface area contributed by atoms with E-state index in [9.17, 15) is 10.1 Å². The highest BCUT2D eigenvalue weighted by molar-refractivity contribution is 5.51. The molecule has 0 N–H and O–H groups in total. The van der Waals surface area contributed by atoms with Crippen molar-refractivity contribution in [1.29, 1.82) is 0 Å². The molecule has 2 aromatic carbocycles. The number of piperazine rings is 1. The van der Waals surface area contributed by atoms with Crippen LogP contribution >= 0.6 is 0 Å².